The third kappa shape index (κ3) is 3.37. The number of carbonyl (C=O) groups excluding carboxylic acids is 1. The lowest BCUT2D eigenvalue weighted by atomic mass is 9.77. The van der Waals surface area contributed by atoms with Crippen LogP contribution < -0.4 is 5.46 Å². The third-order valence-corrected chi connectivity index (χ3v) is 4.88. The van der Waals surface area contributed by atoms with Crippen LogP contribution in [-0.2, 0) is 14.0 Å². The summed E-state index contributed by atoms with van der Waals surface area (Å²) in [5.74, 6) is 0.215. The van der Waals surface area contributed by atoms with Crippen LogP contribution in [0.3, 0.4) is 0 Å². The number of hydrogen-bond acceptors (Lipinski definition) is 4. The van der Waals surface area contributed by atoms with E-state index in [1.54, 1.807) is 6.07 Å². The SMILES string of the molecule is C=C1OB(c2cc(-c3ccc(C(=O)OC)cc3C)ccc2Cl)OC1(C)C. The zero-order valence-corrected chi connectivity index (χ0v) is 16.0. The molecular formula is C20H20BClO4. The molecular weight excluding hydrogens is 350 g/mol. The maximum Gasteiger partial charge on any atom is 0.564 e. The smallest absolute Gasteiger partial charge is 0.534 e. The maximum atomic E-state index is 11.7. The van der Waals surface area contributed by atoms with Gasteiger partial charge in [0.25, 0.3) is 0 Å². The Kier molecular flexibility index (Phi) is 4.87. The van der Waals surface area contributed by atoms with Crippen molar-refractivity contribution in [2.75, 3.05) is 7.11 Å². The summed E-state index contributed by atoms with van der Waals surface area (Å²) in [5.41, 5.74) is 3.60. The van der Waals surface area contributed by atoms with E-state index >= 15 is 0 Å². The van der Waals surface area contributed by atoms with Gasteiger partial charge in [0.15, 0.2) is 0 Å². The molecule has 0 atom stereocenters. The molecule has 0 aliphatic carbocycles. The highest BCUT2D eigenvalue weighted by Gasteiger charge is 2.43. The van der Waals surface area contributed by atoms with Crippen molar-refractivity contribution >= 4 is 30.2 Å². The van der Waals surface area contributed by atoms with E-state index in [1.807, 2.05) is 51.1 Å². The summed E-state index contributed by atoms with van der Waals surface area (Å²) >= 11 is 6.38. The zero-order valence-electron chi connectivity index (χ0n) is 15.3. The molecule has 2 aromatic rings. The summed E-state index contributed by atoms with van der Waals surface area (Å²) in [7, 11) is 0.771. The lowest BCUT2D eigenvalue weighted by Gasteiger charge is -2.16. The second-order valence-electron chi connectivity index (χ2n) is 6.76. The van der Waals surface area contributed by atoms with Crippen molar-refractivity contribution in [2.45, 2.75) is 26.4 Å². The second kappa shape index (κ2) is 6.82. The summed E-state index contributed by atoms with van der Waals surface area (Å²) in [6.45, 7) is 9.67. The number of hydrogen-bond donors (Lipinski definition) is 0. The molecule has 0 spiro atoms. The number of carbonyl (C=O) groups is 1. The number of benzene rings is 2. The van der Waals surface area contributed by atoms with Crippen LogP contribution in [0, 0.1) is 6.92 Å². The minimum absolute atomic E-state index is 0.357. The summed E-state index contributed by atoms with van der Waals surface area (Å²) in [6, 6.07) is 11.1. The average Bonchev–Trinajstić information content (AvgIpc) is 2.87. The normalized spacial score (nSPS) is 15.7. The first-order valence-electron chi connectivity index (χ1n) is 8.25. The molecule has 0 aromatic heterocycles. The summed E-state index contributed by atoms with van der Waals surface area (Å²) < 4.78 is 16.5. The molecule has 26 heavy (non-hydrogen) atoms. The van der Waals surface area contributed by atoms with Gasteiger partial charge in [-0.1, -0.05) is 36.4 Å². The Hall–Kier alpha value is -2.24. The predicted molar refractivity (Wildman–Crippen MR) is 104 cm³/mol. The number of ether oxygens (including phenoxy) is 1. The fraction of sp³-hybridized carbons (Fsp3) is 0.250. The number of aryl methyl sites for hydroxylation is 1. The van der Waals surface area contributed by atoms with Gasteiger partial charge in [0.1, 0.15) is 5.60 Å². The van der Waals surface area contributed by atoms with Crippen molar-refractivity contribution < 1.29 is 18.8 Å². The fourth-order valence-electron chi connectivity index (χ4n) is 2.88. The number of rotatable bonds is 3. The molecule has 0 bridgehead atoms. The lowest BCUT2D eigenvalue weighted by Crippen LogP contribution is -2.35. The Morgan fingerprint density at radius 2 is 1.96 bits per heavy atom. The molecule has 1 aliphatic rings. The van der Waals surface area contributed by atoms with Gasteiger partial charge in [-0.15, -0.1) is 0 Å². The van der Waals surface area contributed by atoms with Gasteiger partial charge < -0.3 is 14.0 Å². The second-order valence-corrected chi connectivity index (χ2v) is 7.17. The fourth-order valence-corrected chi connectivity index (χ4v) is 3.09. The Labute approximate surface area is 158 Å². The Balaban J connectivity index is 1.98. The van der Waals surface area contributed by atoms with E-state index in [1.165, 1.54) is 7.11 Å². The van der Waals surface area contributed by atoms with Crippen LogP contribution in [0.4, 0.5) is 0 Å². The van der Waals surface area contributed by atoms with Crippen molar-refractivity contribution in [3.05, 3.63) is 64.9 Å². The van der Waals surface area contributed by atoms with E-state index in [0.717, 1.165) is 22.2 Å². The molecule has 0 N–H and O–H groups in total. The van der Waals surface area contributed by atoms with Crippen molar-refractivity contribution in [3.63, 3.8) is 0 Å². The first-order valence-corrected chi connectivity index (χ1v) is 8.63. The van der Waals surface area contributed by atoms with E-state index in [-0.39, 0.29) is 5.97 Å². The number of methoxy groups -OCH3 is 1. The third-order valence-electron chi connectivity index (χ3n) is 4.53. The molecule has 1 heterocycles. The number of esters is 1. The van der Waals surface area contributed by atoms with Crippen molar-refractivity contribution in [1.29, 1.82) is 0 Å². The van der Waals surface area contributed by atoms with E-state index in [0.29, 0.717) is 16.3 Å². The van der Waals surface area contributed by atoms with E-state index in [2.05, 4.69) is 6.58 Å². The van der Waals surface area contributed by atoms with Gasteiger partial charge in [-0.2, -0.15) is 0 Å². The largest absolute Gasteiger partial charge is 0.564 e. The van der Waals surface area contributed by atoms with Gasteiger partial charge in [0.05, 0.1) is 18.4 Å². The zero-order chi connectivity index (χ0) is 19.1. The Bertz CT molecular complexity index is 891. The van der Waals surface area contributed by atoms with Crippen LogP contribution in [0.1, 0.15) is 29.8 Å². The standard InChI is InChI=1S/C20H20BClO4/c1-12-10-15(19(23)24-5)6-8-16(12)14-7-9-18(22)17(11-14)21-25-13(2)20(3,4)26-21/h6-11H,2H2,1,3-5H3. The summed E-state index contributed by atoms with van der Waals surface area (Å²) in [4.78, 5) is 11.7. The first-order chi connectivity index (χ1) is 12.2. The highest BCUT2D eigenvalue weighted by Crippen LogP contribution is 2.31. The Morgan fingerprint density at radius 3 is 2.54 bits per heavy atom. The van der Waals surface area contributed by atoms with Gasteiger partial charge in [-0.05, 0) is 55.7 Å². The topological polar surface area (TPSA) is 44.8 Å². The lowest BCUT2D eigenvalue weighted by molar-refractivity contribution is 0.0600. The van der Waals surface area contributed by atoms with Gasteiger partial charge in [-0.25, -0.2) is 4.79 Å². The van der Waals surface area contributed by atoms with Crippen LogP contribution in [0.25, 0.3) is 11.1 Å². The highest BCUT2D eigenvalue weighted by atomic mass is 35.5. The van der Waals surface area contributed by atoms with Crippen LogP contribution in [0.2, 0.25) is 5.02 Å². The molecule has 1 saturated heterocycles. The van der Waals surface area contributed by atoms with Crippen molar-refractivity contribution in [1.82, 2.24) is 0 Å². The molecule has 1 fully saturated rings. The number of halogens is 1. The van der Waals surface area contributed by atoms with Crippen LogP contribution >= 0.6 is 11.6 Å². The summed E-state index contributed by atoms with van der Waals surface area (Å²) in [6.07, 6.45) is 0. The molecule has 0 amide bonds. The van der Waals surface area contributed by atoms with Crippen molar-refractivity contribution in [2.24, 2.45) is 0 Å². The van der Waals surface area contributed by atoms with E-state index < -0.39 is 12.7 Å². The Morgan fingerprint density at radius 1 is 1.23 bits per heavy atom. The average molecular weight is 371 g/mol. The van der Waals surface area contributed by atoms with Crippen LogP contribution in [0.5, 0.6) is 0 Å². The van der Waals surface area contributed by atoms with Gasteiger partial charge in [0, 0.05) is 10.5 Å². The van der Waals surface area contributed by atoms with E-state index in [9.17, 15) is 4.79 Å². The van der Waals surface area contributed by atoms with Gasteiger partial charge in [-0.3, -0.25) is 0 Å². The minimum atomic E-state index is -0.598. The molecule has 4 nitrogen and oxygen atoms in total. The van der Waals surface area contributed by atoms with Crippen LogP contribution in [-0.4, -0.2) is 25.8 Å². The maximum absolute atomic E-state index is 11.7. The molecule has 134 valence electrons. The van der Waals surface area contributed by atoms with Crippen LogP contribution in [0.15, 0.2) is 48.7 Å². The molecule has 0 saturated carbocycles. The van der Waals surface area contributed by atoms with Gasteiger partial charge >= 0.3 is 13.1 Å². The molecule has 1 aliphatic heterocycles. The molecule has 2 aromatic carbocycles. The molecule has 3 rings (SSSR count). The quantitative estimate of drug-likeness (QED) is 0.602. The first kappa shape index (κ1) is 18.6. The van der Waals surface area contributed by atoms with E-state index in [4.69, 9.17) is 25.6 Å². The minimum Gasteiger partial charge on any atom is -0.534 e. The predicted octanol–water partition coefficient (Wildman–Crippen LogP) is 4.14. The van der Waals surface area contributed by atoms with Gasteiger partial charge in [0.2, 0.25) is 0 Å². The summed E-state index contributed by atoms with van der Waals surface area (Å²) in [5, 5.41) is 0.563. The molecule has 6 heteroatoms. The monoisotopic (exact) mass is 370 g/mol. The molecule has 0 radical (unpaired) electrons. The highest BCUT2D eigenvalue weighted by molar-refractivity contribution is 6.66. The molecule has 0 unspecified atom stereocenters. The van der Waals surface area contributed by atoms with Crippen molar-refractivity contribution in [3.8, 4) is 11.1 Å².